The minimum atomic E-state index is -4.62. The smallest absolute Gasteiger partial charge is 0.382 e. The summed E-state index contributed by atoms with van der Waals surface area (Å²) in [5.74, 6) is -0.797. The molecule has 2 aromatic heterocycles. The van der Waals surface area contributed by atoms with Crippen molar-refractivity contribution in [2.24, 2.45) is 0 Å². The van der Waals surface area contributed by atoms with Crippen LogP contribution in [0.5, 0.6) is 0 Å². The highest BCUT2D eigenvalue weighted by Crippen LogP contribution is 2.34. The van der Waals surface area contributed by atoms with Crippen molar-refractivity contribution >= 4 is 22.5 Å². The van der Waals surface area contributed by atoms with Crippen LogP contribution in [0.15, 0.2) is 30.5 Å². The molecule has 1 unspecified atom stereocenters. The second-order valence-corrected chi connectivity index (χ2v) is 7.80. The number of anilines is 1. The van der Waals surface area contributed by atoms with Crippen molar-refractivity contribution in [2.45, 2.75) is 50.9 Å². The molecule has 1 aliphatic carbocycles. The summed E-state index contributed by atoms with van der Waals surface area (Å²) in [6.45, 7) is 1.75. The highest BCUT2D eigenvalue weighted by atomic mass is 19.4. The fraction of sp³-hybridized carbons (Fsp3) is 0.381. The van der Waals surface area contributed by atoms with Crippen LogP contribution < -0.4 is 10.6 Å². The maximum atomic E-state index is 13.8. The van der Waals surface area contributed by atoms with Crippen LogP contribution in [-0.4, -0.2) is 33.2 Å². The molecule has 1 saturated carbocycles. The van der Waals surface area contributed by atoms with Crippen molar-refractivity contribution < 1.29 is 22.4 Å². The number of H-pyrrole nitrogens is 1. The molecule has 1 fully saturated rings. The van der Waals surface area contributed by atoms with Crippen molar-refractivity contribution in [1.82, 2.24) is 20.5 Å². The monoisotopic (exact) mass is 435 g/mol. The number of hydrogen-bond acceptors (Lipinski definition) is 4. The first-order chi connectivity index (χ1) is 14.7. The number of aryl methyl sites for hydroxylation is 1. The fourth-order valence-electron chi connectivity index (χ4n) is 3.98. The van der Waals surface area contributed by atoms with Gasteiger partial charge in [-0.3, -0.25) is 9.89 Å². The molecule has 1 aliphatic rings. The van der Waals surface area contributed by atoms with E-state index in [-0.39, 0.29) is 34.6 Å². The van der Waals surface area contributed by atoms with Gasteiger partial charge in [0.25, 0.3) is 5.91 Å². The zero-order valence-electron chi connectivity index (χ0n) is 16.7. The Balaban J connectivity index is 1.55. The van der Waals surface area contributed by atoms with Crippen LogP contribution in [-0.2, 0) is 6.18 Å². The van der Waals surface area contributed by atoms with Gasteiger partial charge in [0.15, 0.2) is 0 Å². The first kappa shape index (κ1) is 21.1. The number of nitrogens with one attached hydrogen (secondary N) is 3. The Morgan fingerprint density at radius 2 is 1.97 bits per heavy atom. The van der Waals surface area contributed by atoms with Crippen molar-refractivity contribution in [3.05, 3.63) is 53.2 Å². The van der Waals surface area contributed by atoms with Crippen molar-refractivity contribution in [3.8, 4) is 0 Å². The molecule has 0 bridgehead atoms. The average molecular weight is 435 g/mol. The Bertz CT molecular complexity index is 1110. The van der Waals surface area contributed by atoms with Crippen LogP contribution in [0.3, 0.4) is 0 Å². The number of rotatable bonds is 4. The van der Waals surface area contributed by atoms with E-state index < -0.39 is 17.7 Å². The van der Waals surface area contributed by atoms with E-state index in [9.17, 15) is 22.4 Å². The summed E-state index contributed by atoms with van der Waals surface area (Å²) in [6.07, 6.45) is -0.360. The summed E-state index contributed by atoms with van der Waals surface area (Å²) in [7, 11) is 0. The molecule has 6 nitrogen and oxygen atoms in total. The lowest BCUT2D eigenvalue weighted by atomic mass is 9.90. The molecule has 3 aromatic rings. The summed E-state index contributed by atoms with van der Waals surface area (Å²) in [6, 6.07) is 4.10. The summed E-state index contributed by atoms with van der Waals surface area (Å²) in [5.41, 5.74) is 0.327. The van der Waals surface area contributed by atoms with Gasteiger partial charge in [-0.2, -0.15) is 18.3 Å². The number of nitrogens with zero attached hydrogens (tertiary/aromatic N) is 2. The van der Waals surface area contributed by atoms with Gasteiger partial charge < -0.3 is 10.6 Å². The van der Waals surface area contributed by atoms with E-state index in [1.165, 1.54) is 18.3 Å². The van der Waals surface area contributed by atoms with Crippen molar-refractivity contribution in [1.29, 1.82) is 0 Å². The number of halogens is 4. The number of aromatic nitrogens is 3. The lowest BCUT2D eigenvalue weighted by molar-refractivity contribution is -0.140. The molecule has 1 amide bonds. The topological polar surface area (TPSA) is 82.7 Å². The van der Waals surface area contributed by atoms with Gasteiger partial charge in [-0.25, -0.2) is 9.37 Å². The van der Waals surface area contributed by atoms with Crippen LogP contribution in [0.4, 0.5) is 23.2 Å². The normalized spacial score (nSPS) is 19.4. The van der Waals surface area contributed by atoms with E-state index >= 15 is 0 Å². The molecule has 0 spiro atoms. The number of alkyl halides is 3. The molecule has 2 atom stereocenters. The number of fused-ring (bicyclic) bond motifs is 1. The van der Waals surface area contributed by atoms with E-state index in [2.05, 4.69) is 25.8 Å². The van der Waals surface area contributed by atoms with E-state index in [0.29, 0.717) is 17.7 Å². The number of carbonyl (C=O) groups is 1. The number of carbonyl (C=O) groups excluding carboxylic acids is 1. The summed E-state index contributed by atoms with van der Waals surface area (Å²) < 4.78 is 53.7. The SMILES string of the molecule is Cc1[nH]ncc1C(=O)NC1CCC[C@H](Nc2cc(C(F)(F)F)nc3ccc(F)cc23)C1. The first-order valence-electron chi connectivity index (χ1n) is 9.95. The van der Waals surface area contributed by atoms with E-state index in [1.54, 1.807) is 6.92 Å². The number of amides is 1. The molecule has 0 saturated heterocycles. The van der Waals surface area contributed by atoms with Crippen molar-refractivity contribution in [3.63, 3.8) is 0 Å². The second-order valence-electron chi connectivity index (χ2n) is 7.80. The molecule has 2 heterocycles. The van der Waals surface area contributed by atoms with Crippen LogP contribution in [0.25, 0.3) is 10.9 Å². The quantitative estimate of drug-likeness (QED) is 0.524. The summed E-state index contributed by atoms with van der Waals surface area (Å²) >= 11 is 0. The lowest BCUT2D eigenvalue weighted by Crippen LogP contribution is -2.42. The molecule has 4 rings (SSSR count). The van der Waals surface area contributed by atoms with Gasteiger partial charge in [-0.05, 0) is 56.9 Å². The Morgan fingerprint density at radius 1 is 1.19 bits per heavy atom. The minimum absolute atomic E-state index is 0.0646. The second kappa shape index (κ2) is 8.16. The molecule has 0 radical (unpaired) electrons. The number of aromatic amines is 1. The maximum Gasteiger partial charge on any atom is 0.433 e. The van der Waals surface area contributed by atoms with Gasteiger partial charge in [0.1, 0.15) is 11.5 Å². The predicted octanol–water partition coefficient (Wildman–Crippen LogP) is 4.58. The van der Waals surface area contributed by atoms with E-state index in [4.69, 9.17) is 0 Å². The molecular weight excluding hydrogens is 414 g/mol. The molecule has 0 aliphatic heterocycles. The van der Waals surface area contributed by atoms with Crippen LogP contribution in [0.1, 0.15) is 47.4 Å². The van der Waals surface area contributed by atoms with Crippen LogP contribution in [0.2, 0.25) is 0 Å². The van der Waals surface area contributed by atoms with Gasteiger partial charge in [0, 0.05) is 28.9 Å². The maximum absolute atomic E-state index is 13.8. The minimum Gasteiger partial charge on any atom is -0.382 e. The molecular formula is C21H21F4N5O. The van der Waals surface area contributed by atoms with Gasteiger partial charge >= 0.3 is 6.18 Å². The van der Waals surface area contributed by atoms with Crippen LogP contribution >= 0.6 is 0 Å². The molecule has 164 valence electrons. The van der Waals surface area contributed by atoms with Gasteiger partial charge in [0.2, 0.25) is 0 Å². The standard InChI is InChI=1S/C21H21F4N5O/c1-11-16(10-26-30-11)20(31)28-14-4-2-3-13(8-14)27-18-9-19(21(23,24)25)29-17-6-5-12(22)7-15(17)18/h5-7,9-10,13-14H,2-4,8H2,1H3,(H,26,30)(H,27,29)(H,28,31)/t13-,14?/m0/s1. The number of benzene rings is 1. The lowest BCUT2D eigenvalue weighted by Gasteiger charge is -2.31. The third kappa shape index (κ3) is 4.62. The van der Waals surface area contributed by atoms with Gasteiger partial charge in [-0.1, -0.05) is 0 Å². The highest BCUT2D eigenvalue weighted by molar-refractivity contribution is 5.95. The largest absolute Gasteiger partial charge is 0.433 e. The Kier molecular flexibility index (Phi) is 5.55. The predicted molar refractivity (Wildman–Crippen MR) is 107 cm³/mol. The first-order valence-corrected chi connectivity index (χ1v) is 9.95. The third-order valence-electron chi connectivity index (χ3n) is 5.50. The average Bonchev–Trinajstić information content (AvgIpc) is 3.14. The van der Waals surface area contributed by atoms with Crippen molar-refractivity contribution in [2.75, 3.05) is 5.32 Å². The van der Waals surface area contributed by atoms with E-state index in [0.717, 1.165) is 31.4 Å². The Hall–Kier alpha value is -3.17. The van der Waals surface area contributed by atoms with Gasteiger partial charge in [0.05, 0.1) is 17.3 Å². The summed E-state index contributed by atoms with van der Waals surface area (Å²) in [5, 5.41) is 13.0. The van der Waals surface area contributed by atoms with Gasteiger partial charge in [-0.15, -0.1) is 0 Å². The Labute approximate surface area is 175 Å². The zero-order valence-corrected chi connectivity index (χ0v) is 16.7. The number of hydrogen-bond donors (Lipinski definition) is 3. The van der Waals surface area contributed by atoms with Crippen LogP contribution in [0, 0.1) is 12.7 Å². The highest BCUT2D eigenvalue weighted by Gasteiger charge is 2.34. The molecule has 10 heteroatoms. The zero-order chi connectivity index (χ0) is 22.2. The fourth-order valence-corrected chi connectivity index (χ4v) is 3.98. The van der Waals surface area contributed by atoms with E-state index in [1.807, 2.05) is 0 Å². The third-order valence-corrected chi connectivity index (χ3v) is 5.50. The molecule has 1 aromatic carbocycles. The summed E-state index contributed by atoms with van der Waals surface area (Å²) in [4.78, 5) is 16.1. The Morgan fingerprint density at radius 3 is 2.68 bits per heavy atom. The number of pyridine rings is 1. The molecule has 31 heavy (non-hydrogen) atoms. The molecule has 3 N–H and O–H groups in total.